The SMILES string of the molecule is O=C(O)CSc1nnc(-c2ccco2)n1C[C@H]1CCCO1. The van der Waals surface area contributed by atoms with E-state index in [0.717, 1.165) is 31.2 Å². The van der Waals surface area contributed by atoms with Crippen LogP contribution < -0.4 is 0 Å². The fraction of sp³-hybridized carbons (Fsp3) is 0.462. The van der Waals surface area contributed by atoms with Crippen molar-refractivity contribution >= 4 is 17.7 Å². The van der Waals surface area contributed by atoms with E-state index < -0.39 is 5.97 Å². The average molecular weight is 309 g/mol. The lowest BCUT2D eigenvalue weighted by Crippen LogP contribution is -2.17. The first-order valence-corrected chi connectivity index (χ1v) is 7.66. The highest BCUT2D eigenvalue weighted by atomic mass is 32.2. The first-order valence-electron chi connectivity index (χ1n) is 6.67. The van der Waals surface area contributed by atoms with Crippen LogP contribution in [0.4, 0.5) is 0 Å². The van der Waals surface area contributed by atoms with Crippen LogP contribution in [0.3, 0.4) is 0 Å². The molecule has 0 spiro atoms. The van der Waals surface area contributed by atoms with Gasteiger partial charge in [0.25, 0.3) is 0 Å². The number of aliphatic carboxylic acids is 1. The van der Waals surface area contributed by atoms with E-state index in [2.05, 4.69) is 10.2 Å². The van der Waals surface area contributed by atoms with Gasteiger partial charge in [0, 0.05) is 6.61 Å². The van der Waals surface area contributed by atoms with Crippen molar-refractivity contribution in [3.8, 4) is 11.6 Å². The molecule has 0 saturated carbocycles. The number of furan rings is 1. The summed E-state index contributed by atoms with van der Waals surface area (Å²) in [6.45, 7) is 1.37. The quantitative estimate of drug-likeness (QED) is 0.815. The van der Waals surface area contributed by atoms with E-state index in [1.54, 1.807) is 12.3 Å². The predicted molar refractivity (Wildman–Crippen MR) is 75.1 cm³/mol. The number of nitrogens with zero attached hydrogens (tertiary/aromatic N) is 3. The number of carboxylic acid groups (broad SMARTS) is 1. The lowest BCUT2D eigenvalue weighted by Gasteiger charge is -2.13. The number of hydrogen-bond acceptors (Lipinski definition) is 6. The van der Waals surface area contributed by atoms with Crippen LogP contribution in [-0.2, 0) is 16.1 Å². The molecule has 21 heavy (non-hydrogen) atoms. The molecule has 3 rings (SSSR count). The zero-order valence-corrected chi connectivity index (χ0v) is 12.1. The molecule has 1 atom stereocenters. The molecule has 0 unspecified atom stereocenters. The molecule has 1 fully saturated rings. The van der Waals surface area contributed by atoms with Crippen LogP contribution >= 0.6 is 11.8 Å². The molecule has 0 amide bonds. The van der Waals surface area contributed by atoms with E-state index >= 15 is 0 Å². The number of thioether (sulfide) groups is 1. The highest BCUT2D eigenvalue weighted by Crippen LogP contribution is 2.26. The number of aromatic nitrogens is 3. The highest BCUT2D eigenvalue weighted by Gasteiger charge is 2.23. The van der Waals surface area contributed by atoms with Gasteiger partial charge in [0.15, 0.2) is 10.9 Å². The van der Waals surface area contributed by atoms with Crippen molar-refractivity contribution in [3.63, 3.8) is 0 Å². The summed E-state index contributed by atoms with van der Waals surface area (Å²) in [5.74, 6) is 0.277. The molecule has 1 aliphatic heterocycles. The topological polar surface area (TPSA) is 90.4 Å². The van der Waals surface area contributed by atoms with Crippen molar-refractivity contribution in [2.24, 2.45) is 0 Å². The largest absolute Gasteiger partial charge is 0.481 e. The predicted octanol–water partition coefficient (Wildman–Crippen LogP) is 1.89. The summed E-state index contributed by atoms with van der Waals surface area (Å²) < 4.78 is 12.9. The minimum absolute atomic E-state index is 0.0538. The van der Waals surface area contributed by atoms with Crippen molar-refractivity contribution in [2.45, 2.75) is 30.6 Å². The lowest BCUT2D eigenvalue weighted by atomic mass is 10.2. The van der Waals surface area contributed by atoms with Gasteiger partial charge >= 0.3 is 5.97 Å². The van der Waals surface area contributed by atoms with Crippen molar-refractivity contribution in [1.29, 1.82) is 0 Å². The Morgan fingerprint density at radius 1 is 1.52 bits per heavy atom. The molecular formula is C13H15N3O4S. The molecule has 2 aromatic heterocycles. The molecule has 0 radical (unpaired) electrons. The van der Waals surface area contributed by atoms with E-state index in [-0.39, 0.29) is 11.9 Å². The molecular weight excluding hydrogens is 294 g/mol. The number of ether oxygens (including phenoxy) is 1. The molecule has 8 heteroatoms. The number of hydrogen-bond donors (Lipinski definition) is 1. The normalized spacial score (nSPS) is 18.2. The minimum Gasteiger partial charge on any atom is -0.481 e. The van der Waals surface area contributed by atoms with Crippen LogP contribution in [0.1, 0.15) is 12.8 Å². The van der Waals surface area contributed by atoms with Gasteiger partial charge in [-0.2, -0.15) is 0 Å². The number of carbonyl (C=O) groups is 1. The first-order chi connectivity index (χ1) is 10.2. The Kier molecular flexibility index (Phi) is 4.26. The zero-order chi connectivity index (χ0) is 14.7. The Hall–Kier alpha value is -1.80. The highest BCUT2D eigenvalue weighted by molar-refractivity contribution is 7.99. The second-order valence-corrected chi connectivity index (χ2v) is 5.65. The van der Waals surface area contributed by atoms with Gasteiger partial charge < -0.3 is 14.3 Å². The van der Waals surface area contributed by atoms with E-state index in [4.69, 9.17) is 14.3 Å². The summed E-state index contributed by atoms with van der Waals surface area (Å²) in [5.41, 5.74) is 0. The Balaban J connectivity index is 1.86. The Bertz CT molecular complexity index is 605. The summed E-state index contributed by atoms with van der Waals surface area (Å²) in [5, 5.41) is 17.6. The minimum atomic E-state index is -0.883. The zero-order valence-electron chi connectivity index (χ0n) is 11.3. The second kappa shape index (κ2) is 6.31. The third-order valence-corrected chi connectivity index (χ3v) is 4.14. The van der Waals surface area contributed by atoms with Crippen molar-refractivity contribution in [2.75, 3.05) is 12.4 Å². The fourth-order valence-corrected chi connectivity index (χ4v) is 2.93. The standard InChI is InChI=1S/C13H15N3O4S/c17-11(18)8-21-13-15-14-12(10-4-2-6-20-10)16(13)7-9-3-1-5-19-9/h2,4,6,9H,1,3,5,7-8H2,(H,17,18)/t9-/m1/s1. The molecule has 1 aliphatic rings. The van der Waals surface area contributed by atoms with Crippen LogP contribution in [0.15, 0.2) is 28.0 Å². The third-order valence-electron chi connectivity index (χ3n) is 3.19. The maximum Gasteiger partial charge on any atom is 0.313 e. The summed E-state index contributed by atoms with van der Waals surface area (Å²) in [4.78, 5) is 10.7. The van der Waals surface area contributed by atoms with E-state index in [9.17, 15) is 4.79 Å². The van der Waals surface area contributed by atoms with Gasteiger partial charge in [0.2, 0.25) is 5.82 Å². The summed E-state index contributed by atoms with van der Waals surface area (Å²) >= 11 is 1.15. The van der Waals surface area contributed by atoms with Crippen molar-refractivity contribution in [1.82, 2.24) is 14.8 Å². The molecule has 0 aliphatic carbocycles. The maximum atomic E-state index is 10.7. The maximum absolute atomic E-state index is 10.7. The number of carboxylic acids is 1. The van der Waals surface area contributed by atoms with Crippen molar-refractivity contribution < 1.29 is 19.1 Å². The molecule has 3 heterocycles. The van der Waals surface area contributed by atoms with Gasteiger partial charge in [-0.3, -0.25) is 9.36 Å². The summed E-state index contributed by atoms with van der Waals surface area (Å²) in [6, 6.07) is 3.59. The summed E-state index contributed by atoms with van der Waals surface area (Å²) in [6.07, 6.45) is 3.71. The van der Waals surface area contributed by atoms with Gasteiger partial charge in [0.1, 0.15) is 0 Å². The molecule has 2 aromatic rings. The fourth-order valence-electron chi connectivity index (χ4n) is 2.27. The van der Waals surface area contributed by atoms with Gasteiger partial charge in [-0.15, -0.1) is 10.2 Å². The number of rotatable bonds is 6. The average Bonchev–Trinajstić information content (AvgIpc) is 3.18. The molecule has 112 valence electrons. The van der Waals surface area contributed by atoms with E-state index in [1.807, 2.05) is 10.6 Å². The van der Waals surface area contributed by atoms with Crippen LogP contribution in [0, 0.1) is 0 Å². The molecule has 1 saturated heterocycles. The van der Waals surface area contributed by atoms with Gasteiger partial charge in [-0.25, -0.2) is 0 Å². The van der Waals surface area contributed by atoms with Crippen LogP contribution in [0.5, 0.6) is 0 Å². The second-order valence-electron chi connectivity index (χ2n) is 4.71. The van der Waals surface area contributed by atoms with Crippen LogP contribution in [0.2, 0.25) is 0 Å². The van der Waals surface area contributed by atoms with Gasteiger partial charge in [-0.05, 0) is 25.0 Å². The van der Waals surface area contributed by atoms with Gasteiger partial charge in [-0.1, -0.05) is 11.8 Å². The lowest BCUT2D eigenvalue weighted by molar-refractivity contribution is -0.133. The Morgan fingerprint density at radius 3 is 3.10 bits per heavy atom. The molecule has 0 bridgehead atoms. The smallest absolute Gasteiger partial charge is 0.313 e. The molecule has 7 nitrogen and oxygen atoms in total. The first kappa shape index (κ1) is 14.2. The molecule has 1 N–H and O–H groups in total. The Morgan fingerprint density at radius 2 is 2.43 bits per heavy atom. The molecule has 0 aromatic carbocycles. The Labute approximate surface area is 125 Å². The third kappa shape index (κ3) is 3.27. The van der Waals surface area contributed by atoms with Crippen LogP contribution in [0.25, 0.3) is 11.6 Å². The van der Waals surface area contributed by atoms with Gasteiger partial charge in [0.05, 0.1) is 24.7 Å². The summed E-state index contributed by atoms with van der Waals surface area (Å²) in [7, 11) is 0. The monoisotopic (exact) mass is 309 g/mol. The van der Waals surface area contributed by atoms with E-state index in [0.29, 0.717) is 23.3 Å². The van der Waals surface area contributed by atoms with E-state index in [1.165, 1.54) is 0 Å². The van der Waals surface area contributed by atoms with Crippen LogP contribution in [-0.4, -0.2) is 44.3 Å². The van der Waals surface area contributed by atoms with Crippen molar-refractivity contribution in [3.05, 3.63) is 18.4 Å².